The van der Waals surface area contributed by atoms with Gasteiger partial charge < -0.3 is 10.2 Å². The van der Waals surface area contributed by atoms with E-state index in [0.717, 1.165) is 11.1 Å². The first-order valence-electron chi connectivity index (χ1n) is 11.8. The number of nitrogens with zero attached hydrogens (tertiary/aromatic N) is 4. The van der Waals surface area contributed by atoms with Crippen LogP contribution in [0.25, 0.3) is 11.2 Å². The van der Waals surface area contributed by atoms with Crippen molar-refractivity contribution in [2.75, 3.05) is 18.0 Å². The summed E-state index contributed by atoms with van der Waals surface area (Å²) in [4.78, 5) is 37.4. The molecule has 35 heavy (non-hydrogen) atoms. The highest BCUT2D eigenvalue weighted by Crippen LogP contribution is 2.22. The number of hydrogen-bond donors (Lipinski definition) is 1. The lowest BCUT2D eigenvalue weighted by Crippen LogP contribution is -2.43. The molecule has 0 atom stereocenters. The average Bonchev–Trinajstić information content (AvgIpc) is 2.90. The van der Waals surface area contributed by atoms with Crippen molar-refractivity contribution in [1.82, 2.24) is 19.9 Å². The molecule has 1 aliphatic rings. The number of pyridine rings is 1. The largest absolute Gasteiger partial charge is 0.352 e. The molecule has 5 rings (SSSR count). The summed E-state index contributed by atoms with van der Waals surface area (Å²) >= 11 is 6.20. The second-order valence-electron chi connectivity index (χ2n) is 8.73. The van der Waals surface area contributed by atoms with Crippen LogP contribution in [-0.4, -0.2) is 33.5 Å². The number of benzene rings is 2. The molecule has 8 heteroatoms. The normalized spacial score (nSPS) is 14.3. The molecule has 0 bridgehead atoms. The van der Waals surface area contributed by atoms with E-state index in [1.165, 1.54) is 0 Å². The van der Waals surface area contributed by atoms with E-state index in [1.54, 1.807) is 10.8 Å². The third kappa shape index (κ3) is 5.05. The van der Waals surface area contributed by atoms with Gasteiger partial charge in [-0.3, -0.25) is 14.2 Å². The lowest BCUT2D eigenvalue weighted by atomic mass is 9.96. The minimum Gasteiger partial charge on any atom is -0.352 e. The SMILES string of the molecule is O=C(NCc1ccccc1Cl)C1CCN(c2nc3cccnc3n(Cc3ccccc3)c2=O)CC1. The van der Waals surface area contributed by atoms with Crippen molar-refractivity contribution >= 4 is 34.5 Å². The Morgan fingerprint density at radius 3 is 2.51 bits per heavy atom. The second-order valence-corrected chi connectivity index (χ2v) is 9.14. The number of rotatable bonds is 6. The van der Waals surface area contributed by atoms with E-state index in [4.69, 9.17) is 11.6 Å². The molecular weight excluding hydrogens is 462 g/mol. The lowest BCUT2D eigenvalue weighted by molar-refractivity contribution is -0.125. The third-order valence-electron chi connectivity index (χ3n) is 6.44. The zero-order valence-electron chi connectivity index (χ0n) is 19.2. The highest BCUT2D eigenvalue weighted by Gasteiger charge is 2.27. The smallest absolute Gasteiger partial charge is 0.295 e. The number of anilines is 1. The molecule has 3 heterocycles. The lowest BCUT2D eigenvalue weighted by Gasteiger charge is -2.32. The molecule has 0 saturated carbocycles. The van der Waals surface area contributed by atoms with Gasteiger partial charge in [0.1, 0.15) is 5.52 Å². The first-order chi connectivity index (χ1) is 17.1. The van der Waals surface area contributed by atoms with Gasteiger partial charge in [0, 0.05) is 36.8 Å². The van der Waals surface area contributed by atoms with E-state index >= 15 is 0 Å². The van der Waals surface area contributed by atoms with Crippen molar-refractivity contribution in [1.29, 1.82) is 0 Å². The van der Waals surface area contributed by atoms with Gasteiger partial charge in [-0.1, -0.05) is 60.1 Å². The number of piperidine rings is 1. The summed E-state index contributed by atoms with van der Waals surface area (Å²) in [5.74, 6) is 0.320. The molecule has 1 fully saturated rings. The predicted molar refractivity (Wildman–Crippen MR) is 138 cm³/mol. The highest BCUT2D eigenvalue weighted by atomic mass is 35.5. The van der Waals surface area contributed by atoms with Gasteiger partial charge >= 0.3 is 0 Å². The molecule has 0 radical (unpaired) electrons. The van der Waals surface area contributed by atoms with Crippen molar-refractivity contribution in [3.8, 4) is 0 Å². The molecule has 4 aromatic rings. The molecule has 178 valence electrons. The Hall–Kier alpha value is -3.71. The van der Waals surface area contributed by atoms with Crippen LogP contribution in [0.2, 0.25) is 5.02 Å². The standard InChI is InChI=1S/C27H26ClN5O2/c28-22-10-5-4-9-21(22)17-30-26(34)20-12-15-32(16-13-20)25-27(35)33(18-19-7-2-1-3-8-19)24-23(31-25)11-6-14-29-24/h1-11,14,20H,12-13,15-18H2,(H,30,34). The quantitative estimate of drug-likeness (QED) is 0.444. The maximum absolute atomic E-state index is 13.5. The van der Waals surface area contributed by atoms with E-state index in [2.05, 4.69) is 15.3 Å². The van der Waals surface area contributed by atoms with E-state index in [-0.39, 0.29) is 17.4 Å². The summed E-state index contributed by atoms with van der Waals surface area (Å²) < 4.78 is 1.69. The van der Waals surface area contributed by atoms with Crippen LogP contribution in [0.4, 0.5) is 5.82 Å². The Labute approximate surface area is 208 Å². The molecule has 1 N–H and O–H groups in total. The Kier molecular flexibility index (Phi) is 6.77. The van der Waals surface area contributed by atoms with Gasteiger partial charge in [0.2, 0.25) is 5.91 Å². The summed E-state index contributed by atoms with van der Waals surface area (Å²) in [5, 5.41) is 3.65. The summed E-state index contributed by atoms with van der Waals surface area (Å²) in [5.41, 5.74) is 3.00. The Bertz CT molecular complexity index is 1400. The van der Waals surface area contributed by atoms with Crippen LogP contribution in [0.5, 0.6) is 0 Å². The van der Waals surface area contributed by atoms with E-state index in [1.807, 2.05) is 71.6 Å². The molecule has 0 unspecified atom stereocenters. The van der Waals surface area contributed by atoms with E-state index in [9.17, 15) is 9.59 Å². The maximum Gasteiger partial charge on any atom is 0.295 e. The average molecular weight is 488 g/mol. The molecule has 2 aromatic carbocycles. The summed E-state index contributed by atoms with van der Waals surface area (Å²) in [7, 11) is 0. The Balaban J connectivity index is 1.32. The number of hydrogen-bond acceptors (Lipinski definition) is 5. The van der Waals surface area contributed by atoms with Crippen LogP contribution in [0, 0.1) is 5.92 Å². The topological polar surface area (TPSA) is 80.1 Å². The number of halogens is 1. The fourth-order valence-electron chi connectivity index (χ4n) is 4.50. The van der Waals surface area contributed by atoms with Crippen molar-refractivity contribution in [2.45, 2.75) is 25.9 Å². The van der Waals surface area contributed by atoms with Gasteiger partial charge in [-0.05, 0) is 42.2 Å². The molecule has 1 amide bonds. The minimum absolute atomic E-state index is 0.0155. The number of amides is 1. The van der Waals surface area contributed by atoms with Gasteiger partial charge in [-0.25, -0.2) is 9.97 Å². The van der Waals surface area contributed by atoms with Crippen molar-refractivity contribution in [3.63, 3.8) is 0 Å². The van der Waals surface area contributed by atoms with Gasteiger partial charge in [-0.15, -0.1) is 0 Å². The van der Waals surface area contributed by atoms with Gasteiger partial charge in [0.25, 0.3) is 5.56 Å². The van der Waals surface area contributed by atoms with Crippen LogP contribution in [-0.2, 0) is 17.9 Å². The Morgan fingerprint density at radius 2 is 1.74 bits per heavy atom. The number of aromatic nitrogens is 3. The van der Waals surface area contributed by atoms with Crippen LogP contribution < -0.4 is 15.8 Å². The fraction of sp³-hybridized carbons (Fsp3) is 0.259. The maximum atomic E-state index is 13.5. The second kappa shape index (κ2) is 10.3. The Morgan fingerprint density at radius 1 is 1.00 bits per heavy atom. The van der Waals surface area contributed by atoms with Crippen molar-refractivity contribution < 1.29 is 4.79 Å². The summed E-state index contributed by atoms with van der Waals surface area (Å²) in [6, 6.07) is 21.1. The van der Waals surface area contributed by atoms with Gasteiger partial charge in [0.05, 0.1) is 6.54 Å². The van der Waals surface area contributed by atoms with Crippen LogP contribution in [0.3, 0.4) is 0 Å². The van der Waals surface area contributed by atoms with Crippen molar-refractivity contribution in [2.24, 2.45) is 5.92 Å². The zero-order valence-corrected chi connectivity index (χ0v) is 20.0. The van der Waals surface area contributed by atoms with Crippen molar-refractivity contribution in [3.05, 3.63) is 99.4 Å². The molecule has 7 nitrogen and oxygen atoms in total. The highest BCUT2D eigenvalue weighted by molar-refractivity contribution is 6.31. The van der Waals surface area contributed by atoms with Crippen LogP contribution in [0.1, 0.15) is 24.0 Å². The number of fused-ring (bicyclic) bond motifs is 1. The third-order valence-corrected chi connectivity index (χ3v) is 6.81. The predicted octanol–water partition coefficient (Wildman–Crippen LogP) is 4.03. The van der Waals surface area contributed by atoms with Gasteiger partial charge in [0.15, 0.2) is 11.5 Å². The number of nitrogens with one attached hydrogen (secondary N) is 1. The van der Waals surface area contributed by atoms with Crippen LogP contribution >= 0.6 is 11.6 Å². The van der Waals surface area contributed by atoms with Gasteiger partial charge in [-0.2, -0.15) is 0 Å². The molecular formula is C27H26ClN5O2. The summed E-state index contributed by atoms with van der Waals surface area (Å²) in [6.45, 7) is 2.00. The monoisotopic (exact) mass is 487 g/mol. The first-order valence-corrected chi connectivity index (χ1v) is 12.1. The molecule has 0 spiro atoms. The van der Waals surface area contributed by atoms with E-state index < -0.39 is 0 Å². The molecule has 1 aliphatic heterocycles. The zero-order chi connectivity index (χ0) is 24.2. The molecule has 0 aliphatic carbocycles. The minimum atomic E-state index is -0.165. The number of carbonyl (C=O) groups is 1. The fourth-order valence-corrected chi connectivity index (χ4v) is 4.71. The number of carbonyl (C=O) groups excluding carboxylic acids is 1. The first kappa shape index (κ1) is 23.1. The van der Waals surface area contributed by atoms with Crippen LogP contribution in [0.15, 0.2) is 77.7 Å². The van der Waals surface area contributed by atoms with E-state index in [0.29, 0.717) is 61.0 Å². The molecule has 1 saturated heterocycles. The molecule has 2 aromatic heterocycles. The summed E-state index contributed by atoms with van der Waals surface area (Å²) in [6.07, 6.45) is 2.98.